The Hall–Kier alpha value is -1.20. The molecule has 30 heteroatoms. The van der Waals surface area contributed by atoms with Crippen molar-refractivity contribution in [3.05, 3.63) is 0 Å². The highest BCUT2D eigenvalue weighted by Crippen LogP contribution is 2.37. The normalized spacial score (nSPS) is 55.4. The highest BCUT2D eigenvalue weighted by Gasteiger charge is 2.58. The predicted molar refractivity (Wildman–Crippen MR) is 198 cm³/mol. The number of aliphatic hydroxyl groups is 17. The molecule has 0 aromatic heterocycles. The van der Waals surface area contributed by atoms with Crippen molar-refractivity contribution >= 4 is 0 Å². The second-order valence-electron chi connectivity index (χ2n) is 16.9. The van der Waals surface area contributed by atoms with E-state index in [0.29, 0.717) is 0 Å². The lowest BCUT2D eigenvalue weighted by Gasteiger charge is -2.50. The highest BCUT2D eigenvalue weighted by molar-refractivity contribution is 5.01. The van der Waals surface area contributed by atoms with E-state index < -0.39 is 224 Å². The summed E-state index contributed by atoms with van der Waals surface area (Å²) in [5.41, 5.74) is 6.31. The number of hydrogen-bond acceptors (Lipinski definition) is 30. The van der Waals surface area contributed by atoms with Gasteiger partial charge in [-0.15, -0.1) is 0 Å². The molecule has 12 unspecified atom stereocenters. The summed E-state index contributed by atoms with van der Waals surface area (Å²) in [6.45, 7) is -5.82. The van der Waals surface area contributed by atoms with Crippen LogP contribution in [-0.2, 0) is 56.8 Å². The fraction of sp³-hybridized carbons (Fsp3) is 1.00. The Kier molecular flexibility index (Phi) is 17.6. The summed E-state index contributed by atoms with van der Waals surface area (Å²) < 4.78 is 68.3. The van der Waals surface area contributed by atoms with Crippen LogP contribution < -0.4 is 5.73 Å². The van der Waals surface area contributed by atoms with E-state index in [1.165, 1.54) is 0 Å². The number of hydrogen-bond donors (Lipinski definition) is 18. The van der Waals surface area contributed by atoms with Crippen LogP contribution in [0.5, 0.6) is 0 Å². The molecule has 22 aliphatic heterocycles. The molecule has 22 fully saturated rings. The zero-order valence-corrected chi connectivity index (χ0v) is 34.6. The molecule has 22 saturated heterocycles. The van der Waals surface area contributed by atoms with E-state index in [4.69, 9.17) is 62.6 Å². The number of nitrogens with two attached hydrogens (primary N) is 1. The van der Waals surface area contributed by atoms with Crippen molar-refractivity contribution in [2.75, 3.05) is 39.6 Å². The number of ether oxygens (including phenoxy) is 12. The fourth-order valence-corrected chi connectivity index (χ4v) is 8.99. The molecule has 66 heavy (non-hydrogen) atoms. The molecule has 0 saturated carbocycles. The van der Waals surface area contributed by atoms with Gasteiger partial charge in [0, 0.05) is 0 Å². The molecule has 30 atom stereocenters. The van der Waals surface area contributed by atoms with Gasteiger partial charge in [-0.1, -0.05) is 0 Å². The summed E-state index contributed by atoms with van der Waals surface area (Å²) >= 11 is 0. The first-order valence-corrected chi connectivity index (χ1v) is 21.2. The van der Waals surface area contributed by atoms with E-state index >= 15 is 0 Å². The van der Waals surface area contributed by atoms with Gasteiger partial charge in [0.1, 0.15) is 140 Å². The van der Waals surface area contributed by atoms with Crippen molar-refractivity contribution in [2.45, 2.75) is 184 Å². The van der Waals surface area contributed by atoms with Crippen molar-refractivity contribution in [1.29, 1.82) is 0 Å². The van der Waals surface area contributed by atoms with E-state index in [0.717, 1.165) is 0 Å². The van der Waals surface area contributed by atoms with Crippen molar-refractivity contribution in [3.8, 4) is 0 Å². The van der Waals surface area contributed by atoms with Crippen molar-refractivity contribution < 1.29 is 144 Å². The van der Waals surface area contributed by atoms with E-state index in [2.05, 4.69) is 0 Å². The average molecular weight is 972 g/mol. The third kappa shape index (κ3) is 10.0. The summed E-state index contributed by atoms with van der Waals surface area (Å²) in [6, 6.07) is -1.61. The second-order valence-corrected chi connectivity index (χ2v) is 16.9. The van der Waals surface area contributed by atoms with Gasteiger partial charge in [-0.3, -0.25) is 0 Å². The third-order valence-corrected chi connectivity index (χ3v) is 12.8. The SMILES string of the molecule is N[C@@H]1C2OC3O[C@H](CO)C(OC4O[C@H](CO)C(OC5O[C@H](CO)C(OC6O[C@H](CO)C(OC7O[C@H](CO)C(OC(O[C@@H]2CO)[C@H]1O)[C@H](O)[C@H]7O)[C@H](O)[C@H]6O)[C@H](O)[C@H]5O)[C@H](O)[C@H]4O)[C@H](O)[C@H]3O. The molecule has 22 rings (SSSR count). The van der Waals surface area contributed by atoms with Crippen LogP contribution in [0.4, 0.5) is 0 Å². The molecule has 12 bridgehead atoms. The minimum atomic E-state index is -2.14. The Morgan fingerprint density at radius 1 is 0.227 bits per heavy atom. The molecule has 0 aromatic carbocycles. The van der Waals surface area contributed by atoms with E-state index in [9.17, 15) is 86.8 Å². The van der Waals surface area contributed by atoms with Crippen LogP contribution in [0.1, 0.15) is 0 Å². The fourth-order valence-electron chi connectivity index (χ4n) is 8.99. The van der Waals surface area contributed by atoms with Crippen LogP contribution in [0.25, 0.3) is 0 Å². The summed E-state index contributed by atoms with van der Waals surface area (Å²) in [4.78, 5) is 0. The molecule has 0 aliphatic carbocycles. The third-order valence-electron chi connectivity index (χ3n) is 12.8. The lowest BCUT2D eigenvalue weighted by atomic mass is 9.94. The van der Waals surface area contributed by atoms with Gasteiger partial charge >= 0.3 is 0 Å². The largest absolute Gasteiger partial charge is 0.394 e. The maximum atomic E-state index is 11.3. The lowest BCUT2D eigenvalue weighted by Crippen LogP contribution is -2.69. The smallest absolute Gasteiger partial charge is 0.187 e. The molecular weight excluding hydrogens is 910 g/mol. The van der Waals surface area contributed by atoms with Gasteiger partial charge in [-0.25, -0.2) is 0 Å². The highest BCUT2D eigenvalue weighted by atomic mass is 16.8. The van der Waals surface area contributed by atoms with Crippen LogP contribution in [-0.4, -0.2) is 311 Å². The van der Waals surface area contributed by atoms with Gasteiger partial charge < -0.3 is 149 Å². The quantitative estimate of drug-likeness (QED) is 0.117. The van der Waals surface area contributed by atoms with Crippen LogP contribution in [0.2, 0.25) is 0 Å². The summed E-state index contributed by atoms with van der Waals surface area (Å²) in [5.74, 6) is 0. The summed E-state index contributed by atoms with van der Waals surface area (Å²) in [7, 11) is 0. The van der Waals surface area contributed by atoms with E-state index in [1.807, 2.05) is 0 Å². The van der Waals surface area contributed by atoms with Gasteiger partial charge in [-0.05, 0) is 0 Å². The average Bonchev–Trinajstić information content (AvgIpc) is 3.31. The zero-order chi connectivity index (χ0) is 48.0. The molecule has 19 N–H and O–H groups in total. The van der Waals surface area contributed by atoms with Gasteiger partial charge in [0.05, 0.1) is 45.7 Å². The van der Waals surface area contributed by atoms with Gasteiger partial charge in [0.2, 0.25) is 0 Å². The molecule has 0 spiro atoms. The van der Waals surface area contributed by atoms with Crippen molar-refractivity contribution in [2.24, 2.45) is 5.73 Å². The maximum absolute atomic E-state index is 11.3. The van der Waals surface area contributed by atoms with Gasteiger partial charge in [0.25, 0.3) is 0 Å². The molecular formula is C36H61NO29. The van der Waals surface area contributed by atoms with Crippen LogP contribution >= 0.6 is 0 Å². The Labute approximate surface area is 373 Å². The minimum absolute atomic E-state index is 0.919. The second kappa shape index (κ2) is 22.1. The molecule has 22 aliphatic rings. The molecule has 30 nitrogen and oxygen atoms in total. The molecule has 384 valence electrons. The number of rotatable bonds is 6. The maximum Gasteiger partial charge on any atom is 0.187 e. The predicted octanol–water partition coefficient (Wildman–Crippen LogP) is -13.1. The summed E-state index contributed by atoms with van der Waals surface area (Å²) in [6.07, 6.45) is -55.1. The van der Waals surface area contributed by atoms with Crippen molar-refractivity contribution in [3.63, 3.8) is 0 Å². The monoisotopic (exact) mass is 971 g/mol. The molecule has 0 amide bonds. The molecule has 22 heterocycles. The first-order valence-electron chi connectivity index (χ1n) is 21.2. The lowest BCUT2D eigenvalue weighted by molar-refractivity contribution is -0.401. The molecule has 0 radical (unpaired) electrons. The van der Waals surface area contributed by atoms with Crippen molar-refractivity contribution in [1.82, 2.24) is 0 Å². The topological polar surface area (TPSA) is 481 Å². The Morgan fingerprint density at radius 2 is 0.394 bits per heavy atom. The standard InChI is InChI=1S/C36H61NO29/c37-13-14(44)31-55-7(1-38)25(13)61-32-20(50)15(45)27(9(3-40)56-32)63-34-22(52)17(47)29(11(5-42)58-34)65-36-24(54)19(49)30(12(6-43)60-36)66-35-23(53)18(48)28(10(4-41)59-35)64-33-21(51)16(46)26(62-31)8(2-39)57-33/h7-36,38-54H,1-6,37H2/t7-,8-,9-,10-,11-,12-,13+,14+,15-,16-,17-,18-,19-,20-,21-,22-,23-,24-,25?,26?,27?,28?,29?,30?,31?,32?,33?,34?,35?,36?/m1/s1. The Morgan fingerprint density at radius 3 is 0.591 bits per heavy atom. The first-order chi connectivity index (χ1) is 31.4. The Bertz CT molecular complexity index is 1240. The van der Waals surface area contributed by atoms with Gasteiger partial charge in [-0.2, -0.15) is 0 Å². The molecule has 0 aromatic rings. The zero-order valence-electron chi connectivity index (χ0n) is 34.6. The van der Waals surface area contributed by atoms with Crippen LogP contribution in [0.3, 0.4) is 0 Å². The van der Waals surface area contributed by atoms with Crippen LogP contribution in [0.15, 0.2) is 0 Å². The first kappa shape index (κ1) is 52.6. The summed E-state index contributed by atoms with van der Waals surface area (Å²) in [5, 5.41) is 185. The van der Waals surface area contributed by atoms with Gasteiger partial charge in [0.15, 0.2) is 37.7 Å². The van der Waals surface area contributed by atoms with E-state index in [-0.39, 0.29) is 0 Å². The van der Waals surface area contributed by atoms with Crippen LogP contribution in [0, 0.1) is 0 Å². The minimum Gasteiger partial charge on any atom is -0.394 e. The van der Waals surface area contributed by atoms with E-state index in [1.54, 1.807) is 0 Å². The number of aliphatic hydroxyl groups excluding tert-OH is 17. The Balaban J connectivity index is 1.19.